The summed E-state index contributed by atoms with van der Waals surface area (Å²) in [5.74, 6) is 0.593. The molecule has 4 N–H and O–H groups in total. The van der Waals surface area contributed by atoms with E-state index in [2.05, 4.69) is 12.6 Å². The van der Waals surface area contributed by atoms with Crippen LogP contribution in [0.3, 0.4) is 0 Å². The van der Waals surface area contributed by atoms with Gasteiger partial charge in [0.15, 0.2) is 4.27 Å². The molecule has 0 aromatic heterocycles. The molecule has 2 rings (SSSR count). The standard InChI is InChI=1S/C15H22O5S2/c1-2-22-15(21)13(18)14(19,12(17)11(9-16)20-15)8-10-6-4-3-5-7-10/h3-7,11-13,16-19,21H,2,8-9H2,1H3/t11-,12-,13+,14+,15+/m1/s1. The molecule has 22 heavy (non-hydrogen) atoms. The maximum Gasteiger partial charge on any atom is 0.187 e. The second-order valence-electron chi connectivity index (χ2n) is 5.40. The Morgan fingerprint density at radius 3 is 2.45 bits per heavy atom. The fraction of sp³-hybridized carbons (Fsp3) is 0.600. The van der Waals surface area contributed by atoms with Gasteiger partial charge in [0.25, 0.3) is 0 Å². The van der Waals surface area contributed by atoms with Crippen molar-refractivity contribution in [3.8, 4) is 0 Å². The molecule has 5 atom stereocenters. The van der Waals surface area contributed by atoms with E-state index in [0.29, 0.717) is 5.75 Å². The molecule has 1 aliphatic heterocycles. The Labute approximate surface area is 139 Å². The quantitative estimate of drug-likeness (QED) is 0.392. The number of rotatable bonds is 5. The number of aliphatic hydroxyl groups is 4. The van der Waals surface area contributed by atoms with Crippen LogP contribution < -0.4 is 0 Å². The van der Waals surface area contributed by atoms with Crippen LogP contribution in [0.4, 0.5) is 0 Å². The largest absolute Gasteiger partial charge is 0.394 e. The molecule has 1 aliphatic rings. The molecule has 7 heteroatoms. The van der Waals surface area contributed by atoms with Crippen LogP contribution in [0, 0.1) is 0 Å². The first-order valence-electron chi connectivity index (χ1n) is 7.14. The van der Waals surface area contributed by atoms with E-state index < -0.39 is 34.8 Å². The van der Waals surface area contributed by atoms with Gasteiger partial charge in [0.05, 0.1) is 6.61 Å². The van der Waals surface area contributed by atoms with Crippen LogP contribution in [0.5, 0.6) is 0 Å². The van der Waals surface area contributed by atoms with Crippen molar-refractivity contribution in [2.45, 2.75) is 41.5 Å². The topological polar surface area (TPSA) is 90.2 Å². The van der Waals surface area contributed by atoms with Crippen molar-refractivity contribution >= 4 is 24.4 Å². The van der Waals surface area contributed by atoms with Gasteiger partial charge in [0, 0.05) is 6.42 Å². The number of ether oxygens (including phenoxy) is 1. The van der Waals surface area contributed by atoms with Gasteiger partial charge in [-0.1, -0.05) is 37.3 Å². The summed E-state index contributed by atoms with van der Waals surface area (Å²) < 4.78 is 4.14. The maximum atomic E-state index is 11.0. The molecule has 0 saturated carbocycles. The molecular weight excluding hydrogens is 324 g/mol. The minimum absolute atomic E-state index is 0.0304. The molecule has 124 valence electrons. The van der Waals surface area contributed by atoms with Crippen LogP contribution in [0.2, 0.25) is 0 Å². The average Bonchev–Trinajstić information content (AvgIpc) is 2.51. The van der Waals surface area contributed by atoms with Crippen LogP contribution >= 0.6 is 24.4 Å². The zero-order valence-corrected chi connectivity index (χ0v) is 14.0. The first-order chi connectivity index (χ1) is 10.4. The Bertz CT molecular complexity index is 488. The average molecular weight is 346 g/mol. The van der Waals surface area contributed by atoms with Crippen molar-refractivity contribution in [2.75, 3.05) is 12.4 Å². The van der Waals surface area contributed by atoms with Crippen LogP contribution in [-0.2, 0) is 11.2 Å². The maximum absolute atomic E-state index is 11.0. The Kier molecular flexibility index (Phi) is 5.82. The van der Waals surface area contributed by atoms with Crippen molar-refractivity contribution in [1.29, 1.82) is 0 Å². The van der Waals surface area contributed by atoms with Gasteiger partial charge >= 0.3 is 0 Å². The number of benzene rings is 1. The van der Waals surface area contributed by atoms with Crippen molar-refractivity contribution in [3.05, 3.63) is 35.9 Å². The predicted molar refractivity (Wildman–Crippen MR) is 88.9 cm³/mol. The summed E-state index contributed by atoms with van der Waals surface area (Å²) >= 11 is 5.57. The molecule has 1 aromatic rings. The molecule has 0 bridgehead atoms. The number of thioether (sulfide) groups is 1. The highest BCUT2D eigenvalue weighted by atomic mass is 32.2. The van der Waals surface area contributed by atoms with Gasteiger partial charge in [0.2, 0.25) is 0 Å². The summed E-state index contributed by atoms with van der Waals surface area (Å²) in [7, 11) is 0. The minimum atomic E-state index is -1.86. The van der Waals surface area contributed by atoms with E-state index >= 15 is 0 Å². The predicted octanol–water partition coefficient (Wildman–Crippen LogP) is 0.410. The Morgan fingerprint density at radius 1 is 1.27 bits per heavy atom. The van der Waals surface area contributed by atoms with E-state index in [1.54, 1.807) is 12.1 Å². The van der Waals surface area contributed by atoms with E-state index in [4.69, 9.17) is 4.74 Å². The highest BCUT2D eigenvalue weighted by molar-refractivity contribution is 8.11. The van der Waals surface area contributed by atoms with Gasteiger partial charge in [-0.25, -0.2) is 0 Å². The van der Waals surface area contributed by atoms with Gasteiger partial charge in [-0.2, -0.15) is 0 Å². The van der Waals surface area contributed by atoms with Gasteiger partial charge in [0.1, 0.15) is 23.9 Å². The molecule has 5 nitrogen and oxygen atoms in total. The number of hydrogen-bond donors (Lipinski definition) is 5. The fourth-order valence-electron chi connectivity index (χ4n) is 2.73. The third-order valence-electron chi connectivity index (χ3n) is 3.86. The van der Waals surface area contributed by atoms with Gasteiger partial charge in [-0.3, -0.25) is 0 Å². The lowest BCUT2D eigenvalue weighted by Gasteiger charge is -2.52. The molecule has 0 amide bonds. The van der Waals surface area contributed by atoms with Crippen LogP contribution in [0.15, 0.2) is 30.3 Å². The molecule has 1 saturated heterocycles. The molecule has 0 radical (unpaired) electrons. The smallest absolute Gasteiger partial charge is 0.187 e. The van der Waals surface area contributed by atoms with Crippen molar-refractivity contribution < 1.29 is 25.2 Å². The normalized spacial score (nSPS) is 38.9. The highest BCUT2D eigenvalue weighted by Gasteiger charge is 2.60. The third kappa shape index (κ3) is 3.31. The lowest BCUT2D eigenvalue weighted by molar-refractivity contribution is -0.263. The molecule has 1 heterocycles. The Morgan fingerprint density at radius 2 is 1.91 bits per heavy atom. The van der Waals surface area contributed by atoms with E-state index in [9.17, 15) is 20.4 Å². The zero-order chi connectivity index (χ0) is 16.4. The summed E-state index contributed by atoms with van der Waals surface area (Å²) in [5, 5.41) is 41.4. The van der Waals surface area contributed by atoms with E-state index in [0.717, 1.165) is 5.56 Å². The second kappa shape index (κ2) is 7.09. The Balaban J connectivity index is 2.35. The fourth-order valence-corrected chi connectivity index (χ4v) is 4.44. The molecule has 0 aliphatic carbocycles. The third-order valence-corrected chi connectivity index (χ3v) is 5.62. The van der Waals surface area contributed by atoms with Crippen LogP contribution in [0.25, 0.3) is 0 Å². The monoisotopic (exact) mass is 346 g/mol. The number of hydrogen-bond acceptors (Lipinski definition) is 7. The van der Waals surface area contributed by atoms with E-state index in [1.807, 2.05) is 25.1 Å². The second-order valence-corrected chi connectivity index (χ2v) is 7.84. The Hall–Kier alpha value is -0.280. The first kappa shape index (κ1) is 18.1. The lowest BCUT2D eigenvalue weighted by atomic mass is 9.80. The molecule has 0 unspecified atom stereocenters. The summed E-state index contributed by atoms with van der Waals surface area (Å²) in [6, 6.07) is 9.07. The van der Waals surface area contributed by atoms with Crippen molar-refractivity contribution in [3.63, 3.8) is 0 Å². The number of thiol groups is 1. The molecule has 1 fully saturated rings. The van der Waals surface area contributed by atoms with Gasteiger partial charge in [-0.15, -0.1) is 24.4 Å². The summed E-state index contributed by atoms with van der Waals surface area (Å²) in [6.45, 7) is 1.39. The van der Waals surface area contributed by atoms with Crippen LogP contribution in [-0.4, -0.2) is 61.0 Å². The van der Waals surface area contributed by atoms with Gasteiger partial charge < -0.3 is 25.2 Å². The van der Waals surface area contributed by atoms with E-state index in [1.165, 1.54) is 11.8 Å². The summed E-state index contributed by atoms with van der Waals surface area (Å²) in [5.41, 5.74) is -1.10. The summed E-state index contributed by atoms with van der Waals surface area (Å²) in [6.07, 6.45) is -3.84. The molecular formula is C15H22O5S2. The zero-order valence-electron chi connectivity index (χ0n) is 12.3. The van der Waals surface area contributed by atoms with Crippen molar-refractivity contribution in [2.24, 2.45) is 0 Å². The van der Waals surface area contributed by atoms with Gasteiger partial charge in [-0.05, 0) is 11.3 Å². The van der Waals surface area contributed by atoms with Crippen molar-refractivity contribution in [1.82, 2.24) is 0 Å². The molecule has 1 aromatic carbocycles. The first-order valence-corrected chi connectivity index (χ1v) is 8.58. The SMILES string of the molecule is CCS[C@]1(S)O[C@H](CO)[C@@H](O)[C@@](O)(Cc2ccccc2)[C@@H]1O. The highest BCUT2D eigenvalue weighted by Crippen LogP contribution is 2.46. The summed E-state index contributed by atoms with van der Waals surface area (Å²) in [4.78, 5) is 0. The number of aliphatic hydroxyl groups excluding tert-OH is 3. The minimum Gasteiger partial charge on any atom is -0.394 e. The van der Waals surface area contributed by atoms with Crippen LogP contribution in [0.1, 0.15) is 12.5 Å². The van der Waals surface area contributed by atoms with E-state index in [-0.39, 0.29) is 6.42 Å². The lowest BCUT2D eigenvalue weighted by Crippen LogP contribution is -2.70. The molecule has 0 spiro atoms.